The van der Waals surface area contributed by atoms with Gasteiger partial charge < -0.3 is 5.11 Å². The van der Waals surface area contributed by atoms with Gasteiger partial charge in [0.05, 0.1) is 0 Å². The van der Waals surface area contributed by atoms with E-state index in [4.69, 9.17) is 0 Å². The summed E-state index contributed by atoms with van der Waals surface area (Å²) in [5, 5.41) is 10.1. The van der Waals surface area contributed by atoms with E-state index in [0.717, 1.165) is 19.5 Å². The summed E-state index contributed by atoms with van der Waals surface area (Å²) in [6.07, 6.45) is 4.75. The molecule has 1 aliphatic heterocycles. The second kappa shape index (κ2) is 6.37. The van der Waals surface area contributed by atoms with E-state index in [2.05, 4.69) is 29.7 Å². The highest BCUT2D eigenvalue weighted by atomic mass is 16.3. The van der Waals surface area contributed by atoms with Crippen LogP contribution in [-0.4, -0.2) is 47.1 Å². The van der Waals surface area contributed by atoms with Gasteiger partial charge in [-0.1, -0.05) is 26.0 Å². The van der Waals surface area contributed by atoms with Gasteiger partial charge in [0.25, 0.3) is 0 Å². The topological polar surface area (TPSA) is 26.7 Å². The summed E-state index contributed by atoms with van der Waals surface area (Å²) in [4.78, 5) is 5.24. The Bertz CT molecular complexity index is 484. The maximum absolute atomic E-state index is 10.1. The first-order valence-electron chi connectivity index (χ1n) is 8.53. The molecule has 0 radical (unpaired) electrons. The first-order chi connectivity index (χ1) is 10.2. The van der Waals surface area contributed by atoms with Crippen LogP contribution in [0.25, 0.3) is 0 Å². The van der Waals surface area contributed by atoms with E-state index in [1.165, 1.54) is 43.5 Å². The lowest BCUT2D eigenvalue weighted by molar-refractivity contribution is 0.177. The molecule has 116 valence electrons. The summed E-state index contributed by atoms with van der Waals surface area (Å²) in [5.74, 6) is 0.497. The third-order valence-electron chi connectivity index (χ3n) is 5.42. The van der Waals surface area contributed by atoms with E-state index in [1.54, 1.807) is 0 Å². The van der Waals surface area contributed by atoms with Crippen molar-refractivity contribution >= 4 is 0 Å². The maximum atomic E-state index is 10.1. The van der Waals surface area contributed by atoms with Gasteiger partial charge in [0, 0.05) is 25.2 Å². The third kappa shape index (κ3) is 2.82. The first kappa shape index (κ1) is 14.9. The zero-order chi connectivity index (χ0) is 14.8. The molecule has 0 spiro atoms. The monoisotopic (exact) mass is 288 g/mol. The van der Waals surface area contributed by atoms with Gasteiger partial charge in [-0.15, -0.1) is 0 Å². The van der Waals surface area contributed by atoms with Crippen molar-refractivity contribution in [2.75, 3.05) is 26.2 Å². The summed E-state index contributed by atoms with van der Waals surface area (Å²) in [5.41, 5.74) is 2.57. The zero-order valence-corrected chi connectivity index (χ0v) is 13.4. The van der Waals surface area contributed by atoms with Crippen molar-refractivity contribution in [1.82, 2.24) is 9.80 Å². The molecule has 1 fully saturated rings. The lowest BCUT2D eigenvalue weighted by atomic mass is 9.86. The Kier molecular flexibility index (Phi) is 4.51. The molecular formula is C18H28N2O. The molecule has 1 saturated heterocycles. The van der Waals surface area contributed by atoms with Gasteiger partial charge >= 0.3 is 0 Å². The lowest BCUT2D eigenvalue weighted by Gasteiger charge is -2.34. The van der Waals surface area contributed by atoms with Gasteiger partial charge in [0.1, 0.15) is 5.75 Å². The van der Waals surface area contributed by atoms with Gasteiger partial charge in [0.15, 0.2) is 0 Å². The Morgan fingerprint density at radius 2 is 2.05 bits per heavy atom. The summed E-state index contributed by atoms with van der Waals surface area (Å²) in [7, 11) is 0. The lowest BCUT2D eigenvalue weighted by Crippen LogP contribution is -2.38. The standard InChI is InChI=1S/C18H28N2O/c1-3-19(4-2)14-11-12-20(13-14)17-9-5-8-16-15(17)7-6-10-18(16)21/h6-7,10,14,17,21H,3-5,8-9,11-13H2,1-2H3. The van der Waals surface area contributed by atoms with E-state index in [9.17, 15) is 5.11 Å². The van der Waals surface area contributed by atoms with E-state index in [0.29, 0.717) is 17.8 Å². The van der Waals surface area contributed by atoms with Crippen LogP contribution >= 0.6 is 0 Å². The number of hydrogen-bond acceptors (Lipinski definition) is 3. The number of phenols is 1. The Morgan fingerprint density at radius 3 is 2.81 bits per heavy atom. The molecule has 1 N–H and O–H groups in total. The molecule has 21 heavy (non-hydrogen) atoms. The maximum Gasteiger partial charge on any atom is 0.119 e. The fraction of sp³-hybridized carbons (Fsp3) is 0.667. The fourth-order valence-corrected chi connectivity index (χ4v) is 4.27. The quantitative estimate of drug-likeness (QED) is 0.922. The molecule has 2 atom stereocenters. The molecule has 3 nitrogen and oxygen atoms in total. The summed E-state index contributed by atoms with van der Waals surface area (Å²) in [6, 6.07) is 7.29. The van der Waals surface area contributed by atoms with Crippen molar-refractivity contribution in [3.63, 3.8) is 0 Å². The highest BCUT2D eigenvalue weighted by Gasteiger charge is 2.33. The molecular weight excluding hydrogens is 260 g/mol. The number of benzene rings is 1. The molecule has 3 heteroatoms. The first-order valence-corrected chi connectivity index (χ1v) is 8.53. The van der Waals surface area contributed by atoms with Crippen LogP contribution in [0.4, 0.5) is 0 Å². The van der Waals surface area contributed by atoms with Crippen molar-refractivity contribution < 1.29 is 5.11 Å². The van der Waals surface area contributed by atoms with Crippen LogP contribution in [0.1, 0.15) is 50.3 Å². The predicted octanol–water partition coefficient (Wildman–Crippen LogP) is 3.19. The minimum absolute atomic E-state index is 0.497. The number of hydrogen-bond donors (Lipinski definition) is 1. The minimum atomic E-state index is 0.497. The summed E-state index contributed by atoms with van der Waals surface area (Å²) >= 11 is 0. The van der Waals surface area contributed by atoms with E-state index >= 15 is 0 Å². The van der Waals surface area contributed by atoms with Crippen LogP contribution in [0, 0.1) is 0 Å². The van der Waals surface area contributed by atoms with Crippen LogP contribution < -0.4 is 0 Å². The van der Waals surface area contributed by atoms with Crippen molar-refractivity contribution in [2.24, 2.45) is 0 Å². The normalized spacial score (nSPS) is 26.2. The van der Waals surface area contributed by atoms with Gasteiger partial charge in [-0.3, -0.25) is 9.80 Å². The molecule has 3 rings (SSSR count). The second-order valence-electron chi connectivity index (χ2n) is 6.41. The average molecular weight is 288 g/mol. The van der Waals surface area contributed by atoms with Crippen molar-refractivity contribution in [3.8, 4) is 5.75 Å². The van der Waals surface area contributed by atoms with E-state index < -0.39 is 0 Å². The molecule has 1 aromatic rings. The van der Waals surface area contributed by atoms with Crippen LogP contribution in [0.2, 0.25) is 0 Å². The molecule has 1 aromatic carbocycles. The molecule has 0 amide bonds. The number of phenolic OH excluding ortho intramolecular Hbond substituents is 1. The van der Waals surface area contributed by atoms with E-state index in [-0.39, 0.29) is 0 Å². The summed E-state index contributed by atoms with van der Waals surface area (Å²) < 4.78 is 0. The molecule has 1 heterocycles. The van der Waals surface area contributed by atoms with E-state index in [1.807, 2.05) is 12.1 Å². The molecule has 1 aliphatic carbocycles. The highest BCUT2D eigenvalue weighted by molar-refractivity contribution is 5.42. The SMILES string of the molecule is CCN(CC)C1CCN(C2CCCc3c(O)cccc32)C1. The smallest absolute Gasteiger partial charge is 0.119 e. The third-order valence-corrected chi connectivity index (χ3v) is 5.42. The molecule has 0 saturated carbocycles. The predicted molar refractivity (Wildman–Crippen MR) is 86.7 cm³/mol. The van der Waals surface area contributed by atoms with Crippen LogP contribution in [0.15, 0.2) is 18.2 Å². The summed E-state index contributed by atoms with van der Waals surface area (Å²) in [6.45, 7) is 9.21. The van der Waals surface area contributed by atoms with Gasteiger partial charge in [-0.25, -0.2) is 0 Å². The molecule has 0 bridgehead atoms. The van der Waals surface area contributed by atoms with Crippen LogP contribution in [0.5, 0.6) is 5.75 Å². The van der Waals surface area contributed by atoms with Crippen molar-refractivity contribution in [3.05, 3.63) is 29.3 Å². The molecule has 2 aliphatic rings. The highest BCUT2D eigenvalue weighted by Crippen LogP contribution is 2.39. The number of nitrogens with zero attached hydrogens (tertiary/aromatic N) is 2. The average Bonchev–Trinajstić information content (AvgIpc) is 2.98. The Labute approximate surface area is 128 Å². The minimum Gasteiger partial charge on any atom is -0.508 e. The van der Waals surface area contributed by atoms with Gasteiger partial charge in [-0.05, 0) is 56.0 Å². The fourth-order valence-electron chi connectivity index (χ4n) is 4.27. The number of likely N-dealkylation sites (tertiary alicyclic amines) is 1. The number of likely N-dealkylation sites (N-methyl/N-ethyl adjacent to an activating group) is 1. The Balaban J connectivity index is 1.77. The van der Waals surface area contributed by atoms with Gasteiger partial charge in [0.2, 0.25) is 0 Å². The van der Waals surface area contributed by atoms with Crippen molar-refractivity contribution in [1.29, 1.82) is 0 Å². The largest absolute Gasteiger partial charge is 0.508 e. The molecule has 0 aromatic heterocycles. The zero-order valence-electron chi connectivity index (χ0n) is 13.4. The Hall–Kier alpha value is -1.06. The Morgan fingerprint density at radius 1 is 1.24 bits per heavy atom. The second-order valence-corrected chi connectivity index (χ2v) is 6.41. The van der Waals surface area contributed by atoms with Crippen molar-refractivity contribution in [2.45, 2.75) is 51.6 Å². The van der Waals surface area contributed by atoms with Crippen LogP contribution in [-0.2, 0) is 6.42 Å². The molecule has 2 unspecified atom stereocenters. The van der Waals surface area contributed by atoms with Crippen LogP contribution in [0.3, 0.4) is 0 Å². The van der Waals surface area contributed by atoms with Gasteiger partial charge in [-0.2, -0.15) is 0 Å². The number of fused-ring (bicyclic) bond motifs is 1. The number of rotatable bonds is 4. The number of aromatic hydroxyl groups is 1.